The molecule has 12 heteroatoms. The van der Waals surface area contributed by atoms with Gasteiger partial charge in [0.25, 0.3) is 0 Å². The van der Waals surface area contributed by atoms with Crippen LogP contribution in [0.2, 0.25) is 0 Å². The molecule has 208 valence electrons. The van der Waals surface area contributed by atoms with Crippen LogP contribution in [-0.4, -0.2) is 74.2 Å². The van der Waals surface area contributed by atoms with Crippen molar-refractivity contribution >= 4 is 35.4 Å². The molecule has 2 aliphatic heterocycles. The second-order valence-corrected chi connectivity index (χ2v) is 9.81. The number of rotatable bonds is 6. The van der Waals surface area contributed by atoms with Gasteiger partial charge < -0.3 is 25.3 Å². The van der Waals surface area contributed by atoms with Crippen molar-refractivity contribution in [1.29, 1.82) is 0 Å². The molecule has 1 aromatic heterocycles. The molecule has 3 aromatic rings. The molecule has 2 saturated heterocycles. The lowest BCUT2D eigenvalue weighted by Crippen LogP contribution is -2.42. The SMILES string of the molecule is Cc1nc(-c2ccc(NC(=O)[C@@H]3CCCN3C(=O)O)cc2)c(-c2ccc(NC(=O)[C@@H]3CCCN3C(=O)O)cc2)o1. The van der Waals surface area contributed by atoms with Crippen molar-refractivity contribution in [2.24, 2.45) is 0 Å². The van der Waals surface area contributed by atoms with E-state index in [0.29, 0.717) is 67.5 Å². The van der Waals surface area contributed by atoms with Gasteiger partial charge in [-0.3, -0.25) is 19.4 Å². The predicted octanol–water partition coefficient (Wildman–Crippen LogP) is 4.48. The Hall–Kier alpha value is -4.87. The van der Waals surface area contributed by atoms with E-state index in [9.17, 15) is 29.4 Å². The molecule has 4 amide bonds. The van der Waals surface area contributed by atoms with E-state index >= 15 is 0 Å². The van der Waals surface area contributed by atoms with Crippen LogP contribution in [0.3, 0.4) is 0 Å². The number of aromatic nitrogens is 1. The predicted molar refractivity (Wildman–Crippen MR) is 145 cm³/mol. The number of oxazole rings is 1. The Bertz CT molecular complexity index is 1330. The van der Waals surface area contributed by atoms with Crippen LogP contribution in [0, 0.1) is 6.92 Å². The molecule has 2 aliphatic rings. The van der Waals surface area contributed by atoms with Crippen molar-refractivity contribution in [2.45, 2.75) is 44.7 Å². The third-order valence-corrected chi connectivity index (χ3v) is 7.18. The fourth-order valence-corrected chi connectivity index (χ4v) is 5.22. The highest BCUT2D eigenvalue weighted by molar-refractivity contribution is 5.98. The van der Waals surface area contributed by atoms with Crippen molar-refractivity contribution in [3.05, 3.63) is 54.4 Å². The van der Waals surface area contributed by atoms with Crippen LogP contribution in [0.1, 0.15) is 31.6 Å². The van der Waals surface area contributed by atoms with Gasteiger partial charge in [0.1, 0.15) is 17.8 Å². The van der Waals surface area contributed by atoms with Gasteiger partial charge in [-0.15, -0.1) is 0 Å². The van der Waals surface area contributed by atoms with Crippen LogP contribution in [0.4, 0.5) is 21.0 Å². The molecule has 0 saturated carbocycles. The third kappa shape index (κ3) is 5.46. The number of hydrogen-bond acceptors (Lipinski definition) is 6. The van der Waals surface area contributed by atoms with Crippen molar-refractivity contribution in [1.82, 2.24) is 14.8 Å². The fraction of sp³-hybridized carbons (Fsp3) is 0.321. The number of hydrogen-bond donors (Lipinski definition) is 4. The maximum Gasteiger partial charge on any atom is 0.407 e. The Labute approximate surface area is 229 Å². The van der Waals surface area contributed by atoms with Crippen LogP contribution in [0.25, 0.3) is 22.6 Å². The molecule has 2 fully saturated rings. The standard InChI is InChI=1S/C28H29N5O7/c1-16-29-23(17-6-10-19(11-7-17)30-25(34)21-4-2-14-32(21)27(36)37)24(40-16)18-8-12-20(13-9-18)31-26(35)22-5-3-15-33(22)28(38)39/h6-13,21-22H,2-5,14-15H2,1H3,(H,30,34)(H,31,35)(H,36,37)(H,38,39)/t21-,22-/m0/s1. The summed E-state index contributed by atoms with van der Waals surface area (Å²) < 4.78 is 5.89. The second-order valence-electron chi connectivity index (χ2n) is 9.81. The van der Waals surface area contributed by atoms with Gasteiger partial charge in [-0.05, 0) is 62.1 Å². The summed E-state index contributed by atoms with van der Waals surface area (Å²) in [5.74, 6) is 0.272. The Morgan fingerprint density at radius 1 is 0.775 bits per heavy atom. The van der Waals surface area contributed by atoms with Gasteiger partial charge in [0.15, 0.2) is 11.7 Å². The minimum absolute atomic E-state index is 0.344. The Morgan fingerprint density at radius 3 is 1.68 bits per heavy atom. The lowest BCUT2D eigenvalue weighted by atomic mass is 10.0. The third-order valence-electron chi connectivity index (χ3n) is 7.18. The van der Waals surface area contributed by atoms with Crippen LogP contribution in [-0.2, 0) is 9.59 Å². The van der Waals surface area contributed by atoms with E-state index in [0.717, 1.165) is 20.9 Å². The number of carboxylic acid groups (broad SMARTS) is 2. The highest BCUT2D eigenvalue weighted by Crippen LogP contribution is 2.34. The number of carbonyl (C=O) groups excluding carboxylic acids is 2. The highest BCUT2D eigenvalue weighted by atomic mass is 16.4. The Morgan fingerprint density at radius 2 is 1.23 bits per heavy atom. The zero-order valence-electron chi connectivity index (χ0n) is 21.8. The van der Waals surface area contributed by atoms with E-state index in [1.54, 1.807) is 55.5 Å². The molecule has 2 atom stereocenters. The van der Waals surface area contributed by atoms with Crippen molar-refractivity contribution < 1.29 is 33.8 Å². The van der Waals surface area contributed by atoms with E-state index in [2.05, 4.69) is 15.6 Å². The van der Waals surface area contributed by atoms with E-state index in [1.807, 2.05) is 0 Å². The molecule has 0 unspecified atom stereocenters. The first-order valence-corrected chi connectivity index (χ1v) is 13.0. The molecule has 0 bridgehead atoms. The highest BCUT2D eigenvalue weighted by Gasteiger charge is 2.35. The van der Waals surface area contributed by atoms with Gasteiger partial charge in [0.2, 0.25) is 11.8 Å². The molecule has 0 spiro atoms. The van der Waals surface area contributed by atoms with E-state index in [1.165, 1.54) is 0 Å². The first-order chi connectivity index (χ1) is 19.2. The number of amides is 4. The van der Waals surface area contributed by atoms with Crippen molar-refractivity contribution in [3.63, 3.8) is 0 Å². The van der Waals surface area contributed by atoms with Crippen LogP contribution in [0.15, 0.2) is 52.9 Å². The number of nitrogens with one attached hydrogen (secondary N) is 2. The van der Waals surface area contributed by atoms with Gasteiger partial charge in [0, 0.05) is 42.5 Å². The average Bonchev–Trinajstić information content (AvgIpc) is 3.69. The summed E-state index contributed by atoms with van der Waals surface area (Å²) in [6, 6.07) is 12.6. The molecule has 4 N–H and O–H groups in total. The minimum Gasteiger partial charge on any atom is -0.465 e. The van der Waals surface area contributed by atoms with Crippen LogP contribution in [0.5, 0.6) is 0 Å². The summed E-state index contributed by atoms with van der Waals surface area (Å²) in [6.07, 6.45) is 0.0666. The number of benzene rings is 2. The minimum atomic E-state index is -1.10. The number of anilines is 2. The normalized spacial score (nSPS) is 18.5. The molecule has 40 heavy (non-hydrogen) atoms. The van der Waals surface area contributed by atoms with Crippen molar-refractivity contribution in [3.8, 4) is 22.6 Å². The maximum absolute atomic E-state index is 12.6. The summed E-state index contributed by atoms with van der Waals surface area (Å²) in [4.78, 5) is 54.9. The Balaban J connectivity index is 1.28. The summed E-state index contributed by atoms with van der Waals surface area (Å²) in [7, 11) is 0. The molecule has 12 nitrogen and oxygen atoms in total. The van der Waals surface area contributed by atoms with Gasteiger partial charge in [-0.2, -0.15) is 0 Å². The topological polar surface area (TPSA) is 165 Å². The molecule has 0 aliphatic carbocycles. The largest absolute Gasteiger partial charge is 0.465 e. The van der Waals surface area contributed by atoms with Crippen LogP contribution < -0.4 is 10.6 Å². The van der Waals surface area contributed by atoms with Crippen molar-refractivity contribution in [2.75, 3.05) is 23.7 Å². The quantitative estimate of drug-likeness (QED) is 0.351. The lowest BCUT2D eigenvalue weighted by Gasteiger charge is -2.20. The summed E-state index contributed by atoms with van der Waals surface area (Å²) in [5.41, 5.74) is 3.16. The van der Waals surface area contributed by atoms with E-state index in [-0.39, 0.29) is 11.8 Å². The molecular formula is C28H29N5O7. The second kappa shape index (κ2) is 11.1. The first kappa shape index (κ1) is 26.7. The first-order valence-electron chi connectivity index (χ1n) is 13.0. The molecule has 5 rings (SSSR count). The van der Waals surface area contributed by atoms with E-state index in [4.69, 9.17) is 4.42 Å². The van der Waals surface area contributed by atoms with Crippen LogP contribution >= 0.6 is 0 Å². The van der Waals surface area contributed by atoms with Gasteiger partial charge in [-0.25, -0.2) is 14.6 Å². The summed E-state index contributed by atoms with van der Waals surface area (Å²) in [6.45, 7) is 2.43. The summed E-state index contributed by atoms with van der Waals surface area (Å²) in [5, 5.41) is 24.2. The molecule has 2 aromatic carbocycles. The smallest absolute Gasteiger partial charge is 0.407 e. The molecular weight excluding hydrogens is 518 g/mol. The molecule has 0 radical (unpaired) electrons. The summed E-state index contributed by atoms with van der Waals surface area (Å²) >= 11 is 0. The van der Waals surface area contributed by atoms with Gasteiger partial charge in [-0.1, -0.05) is 12.1 Å². The van der Waals surface area contributed by atoms with Gasteiger partial charge >= 0.3 is 12.2 Å². The number of aryl methyl sites for hydroxylation is 1. The maximum atomic E-state index is 12.6. The zero-order valence-corrected chi connectivity index (χ0v) is 21.8. The number of carbonyl (C=O) groups is 4. The monoisotopic (exact) mass is 547 g/mol. The Kier molecular flexibility index (Phi) is 7.41. The van der Waals surface area contributed by atoms with Gasteiger partial charge in [0.05, 0.1) is 0 Å². The number of nitrogens with zero attached hydrogens (tertiary/aromatic N) is 3. The van der Waals surface area contributed by atoms with E-state index < -0.39 is 24.3 Å². The molecule has 3 heterocycles. The number of likely N-dealkylation sites (tertiary alicyclic amines) is 2. The lowest BCUT2D eigenvalue weighted by molar-refractivity contribution is -0.120. The average molecular weight is 548 g/mol. The fourth-order valence-electron chi connectivity index (χ4n) is 5.22. The zero-order chi connectivity index (χ0) is 28.4.